The molecule has 3 aromatic rings. The van der Waals surface area contributed by atoms with E-state index in [-0.39, 0.29) is 11.3 Å². The van der Waals surface area contributed by atoms with Gasteiger partial charge in [0.15, 0.2) is 5.58 Å². The number of rotatable bonds is 3. The van der Waals surface area contributed by atoms with E-state index in [0.29, 0.717) is 33.3 Å². The molecule has 0 unspecified atom stereocenters. The van der Waals surface area contributed by atoms with Crippen LogP contribution in [0.3, 0.4) is 0 Å². The van der Waals surface area contributed by atoms with E-state index in [4.69, 9.17) is 4.42 Å². The van der Waals surface area contributed by atoms with Crippen molar-refractivity contribution in [3.05, 3.63) is 83.1 Å². The summed E-state index contributed by atoms with van der Waals surface area (Å²) in [6.45, 7) is 0.427. The van der Waals surface area contributed by atoms with Crippen LogP contribution in [0, 0.1) is 10.1 Å². The molecule has 2 aromatic carbocycles. The van der Waals surface area contributed by atoms with Crippen LogP contribution in [-0.2, 0) is 0 Å². The fraction of sp³-hybridized carbons (Fsp3) is 0.158. The van der Waals surface area contributed by atoms with Crippen molar-refractivity contribution in [2.75, 3.05) is 12.3 Å². The molecule has 1 atom stereocenters. The highest BCUT2D eigenvalue weighted by Crippen LogP contribution is 2.39. The molecule has 0 aliphatic carbocycles. The third kappa shape index (κ3) is 3.84. The topological polar surface area (TPSA) is 93.7 Å². The second-order valence-corrected chi connectivity index (χ2v) is 9.29. The molecule has 0 N–H and O–H groups in total. The second-order valence-electron chi connectivity index (χ2n) is 6.33. The number of thioether (sulfide) groups is 1. The number of nitro benzene ring substituents is 1. The number of amides is 1. The van der Waals surface area contributed by atoms with E-state index in [0.717, 1.165) is 4.47 Å². The SMILES string of the molecule is O=C(c1cc2cc(Br)cc(Br)c2oc1=O)N1CCS[C@@H]1c1cccc([N+](=O)[O-])c1. The lowest BCUT2D eigenvalue weighted by atomic mass is 10.1. The summed E-state index contributed by atoms with van der Waals surface area (Å²) in [4.78, 5) is 37.9. The average molecular weight is 540 g/mol. The second kappa shape index (κ2) is 7.92. The van der Waals surface area contributed by atoms with Gasteiger partial charge in [-0.05, 0) is 39.7 Å². The van der Waals surface area contributed by atoms with Gasteiger partial charge in [0.25, 0.3) is 11.6 Å². The summed E-state index contributed by atoms with van der Waals surface area (Å²) < 4.78 is 6.76. The number of halogens is 2. The van der Waals surface area contributed by atoms with Gasteiger partial charge in [-0.25, -0.2) is 4.79 Å². The van der Waals surface area contributed by atoms with Gasteiger partial charge in [-0.15, -0.1) is 11.8 Å². The standard InChI is InChI=1S/C19H12Br2N2O5S/c20-12-6-11-8-14(19(25)28-16(11)15(21)9-12)17(24)22-4-5-29-18(22)10-2-1-3-13(7-10)23(26)27/h1-3,6-9,18H,4-5H2/t18-/m1/s1. The van der Waals surface area contributed by atoms with E-state index >= 15 is 0 Å². The maximum Gasteiger partial charge on any atom is 0.349 e. The Kier molecular flexibility index (Phi) is 5.50. The molecule has 0 radical (unpaired) electrons. The molecule has 0 bridgehead atoms. The molecule has 1 amide bonds. The van der Waals surface area contributed by atoms with Crippen molar-refractivity contribution in [2.45, 2.75) is 5.37 Å². The number of hydrogen-bond acceptors (Lipinski definition) is 6. The lowest BCUT2D eigenvalue weighted by Gasteiger charge is -2.23. The summed E-state index contributed by atoms with van der Waals surface area (Å²) in [7, 11) is 0. The van der Waals surface area contributed by atoms with E-state index in [9.17, 15) is 19.7 Å². The van der Waals surface area contributed by atoms with Gasteiger partial charge in [-0.3, -0.25) is 14.9 Å². The summed E-state index contributed by atoms with van der Waals surface area (Å²) in [5.74, 6) is 0.202. The van der Waals surface area contributed by atoms with Crippen molar-refractivity contribution in [2.24, 2.45) is 0 Å². The number of carbonyl (C=O) groups is 1. The molecule has 1 saturated heterocycles. The summed E-state index contributed by atoms with van der Waals surface area (Å²) in [6.07, 6.45) is 0. The van der Waals surface area contributed by atoms with Crippen molar-refractivity contribution < 1.29 is 14.1 Å². The van der Waals surface area contributed by atoms with Crippen LogP contribution in [0.5, 0.6) is 0 Å². The van der Waals surface area contributed by atoms with Gasteiger partial charge in [-0.1, -0.05) is 28.1 Å². The maximum atomic E-state index is 13.2. The van der Waals surface area contributed by atoms with Crippen molar-refractivity contribution in [3.63, 3.8) is 0 Å². The van der Waals surface area contributed by atoms with Crippen LogP contribution < -0.4 is 5.63 Å². The minimum atomic E-state index is -0.722. The molecule has 148 valence electrons. The van der Waals surface area contributed by atoms with E-state index < -0.39 is 21.8 Å². The predicted octanol–water partition coefficient (Wildman–Crippen LogP) is 5.11. The summed E-state index contributed by atoms with van der Waals surface area (Å²) in [5.41, 5.74) is 0.175. The lowest BCUT2D eigenvalue weighted by Crippen LogP contribution is -2.33. The first-order valence-corrected chi connectivity index (χ1v) is 11.1. The first-order valence-electron chi connectivity index (χ1n) is 8.45. The molecule has 10 heteroatoms. The highest BCUT2D eigenvalue weighted by Gasteiger charge is 2.33. The van der Waals surface area contributed by atoms with Gasteiger partial charge in [0.1, 0.15) is 10.9 Å². The number of fused-ring (bicyclic) bond motifs is 1. The van der Waals surface area contributed by atoms with E-state index in [1.54, 1.807) is 29.2 Å². The summed E-state index contributed by atoms with van der Waals surface area (Å²) in [5, 5.41) is 11.3. The zero-order chi connectivity index (χ0) is 20.7. The smallest absolute Gasteiger partial charge is 0.349 e. The zero-order valence-corrected chi connectivity index (χ0v) is 18.6. The highest BCUT2D eigenvalue weighted by molar-refractivity contribution is 9.11. The Hall–Kier alpha value is -2.17. The lowest BCUT2D eigenvalue weighted by molar-refractivity contribution is -0.384. The molecular weight excluding hydrogens is 528 g/mol. The minimum Gasteiger partial charge on any atom is -0.421 e. The minimum absolute atomic E-state index is 0.0395. The first kappa shape index (κ1) is 20.1. The van der Waals surface area contributed by atoms with E-state index in [1.165, 1.54) is 30.0 Å². The van der Waals surface area contributed by atoms with Crippen molar-refractivity contribution >= 4 is 66.2 Å². The number of hydrogen-bond donors (Lipinski definition) is 0. The Balaban J connectivity index is 1.74. The van der Waals surface area contributed by atoms with Crippen LogP contribution in [-0.4, -0.2) is 28.0 Å². The van der Waals surface area contributed by atoms with Crippen LogP contribution in [0.2, 0.25) is 0 Å². The van der Waals surface area contributed by atoms with E-state index in [1.807, 2.05) is 0 Å². The van der Waals surface area contributed by atoms with Crippen LogP contribution in [0.4, 0.5) is 5.69 Å². The molecule has 1 aliphatic heterocycles. The Morgan fingerprint density at radius 2 is 2.03 bits per heavy atom. The maximum absolute atomic E-state index is 13.2. The normalized spacial score (nSPS) is 16.3. The van der Waals surface area contributed by atoms with Crippen molar-refractivity contribution in [1.29, 1.82) is 0 Å². The summed E-state index contributed by atoms with van der Waals surface area (Å²) >= 11 is 8.23. The fourth-order valence-corrected chi connectivity index (χ4v) is 5.79. The Labute approximate surface area is 185 Å². The van der Waals surface area contributed by atoms with Gasteiger partial charge in [0.2, 0.25) is 0 Å². The first-order chi connectivity index (χ1) is 13.8. The van der Waals surface area contributed by atoms with Crippen molar-refractivity contribution in [1.82, 2.24) is 4.90 Å². The molecule has 2 heterocycles. The molecule has 7 nitrogen and oxygen atoms in total. The van der Waals surface area contributed by atoms with Crippen LogP contribution in [0.25, 0.3) is 11.0 Å². The number of non-ortho nitro benzene ring substituents is 1. The Morgan fingerprint density at radius 3 is 2.79 bits per heavy atom. The fourth-order valence-electron chi connectivity index (χ4n) is 3.21. The number of nitrogens with zero attached hydrogens (tertiary/aromatic N) is 2. The van der Waals surface area contributed by atoms with Gasteiger partial charge in [-0.2, -0.15) is 0 Å². The third-order valence-electron chi connectivity index (χ3n) is 4.50. The van der Waals surface area contributed by atoms with Crippen LogP contribution in [0.15, 0.2) is 60.6 Å². The number of benzene rings is 2. The molecule has 1 aromatic heterocycles. The molecule has 1 fully saturated rings. The van der Waals surface area contributed by atoms with Gasteiger partial charge < -0.3 is 9.32 Å². The molecule has 1 aliphatic rings. The predicted molar refractivity (Wildman–Crippen MR) is 117 cm³/mol. The molecule has 4 rings (SSSR count). The monoisotopic (exact) mass is 538 g/mol. The molecular formula is C19H12Br2N2O5S. The third-order valence-corrected chi connectivity index (χ3v) is 6.81. The van der Waals surface area contributed by atoms with Gasteiger partial charge in [0.05, 0.1) is 9.40 Å². The zero-order valence-electron chi connectivity index (χ0n) is 14.6. The number of nitro groups is 1. The molecule has 29 heavy (non-hydrogen) atoms. The number of carbonyl (C=O) groups excluding carboxylic acids is 1. The molecule has 0 spiro atoms. The van der Waals surface area contributed by atoms with Gasteiger partial charge in [0, 0.05) is 34.3 Å². The van der Waals surface area contributed by atoms with Crippen molar-refractivity contribution in [3.8, 4) is 0 Å². The highest BCUT2D eigenvalue weighted by atomic mass is 79.9. The van der Waals surface area contributed by atoms with Gasteiger partial charge >= 0.3 is 5.63 Å². The average Bonchev–Trinajstić information content (AvgIpc) is 3.17. The van der Waals surface area contributed by atoms with E-state index in [2.05, 4.69) is 31.9 Å². The van der Waals surface area contributed by atoms with Crippen LogP contribution >= 0.6 is 43.6 Å². The largest absolute Gasteiger partial charge is 0.421 e. The summed E-state index contributed by atoms with van der Waals surface area (Å²) in [6, 6.07) is 11.2. The van der Waals surface area contributed by atoms with Crippen LogP contribution in [0.1, 0.15) is 21.3 Å². The molecule has 0 saturated carbocycles. The Bertz CT molecular complexity index is 1210. The Morgan fingerprint density at radius 1 is 1.24 bits per heavy atom. The quantitative estimate of drug-likeness (QED) is 0.261.